The Bertz CT molecular complexity index is 564. The van der Waals surface area contributed by atoms with Crippen LogP contribution in [0.4, 0.5) is 5.82 Å². The van der Waals surface area contributed by atoms with Crippen molar-refractivity contribution in [1.29, 1.82) is 0 Å². The molecule has 2 rings (SSSR count). The number of nitrogens with one attached hydrogen (secondary N) is 1. The number of aromatic nitrogens is 3. The summed E-state index contributed by atoms with van der Waals surface area (Å²) in [4.78, 5) is 8.56. The maximum absolute atomic E-state index is 5.77. The molecule has 82 valence electrons. The third-order valence-electron chi connectivity index (χ3n) is 1.99. The molecule has 0 aliphatic heterocycles. The fourth-order valence-corrected chi connectivity index (χ4v) is 1.56. The Hall–Kier alpha value is -1.68. The summed E-state index contributed by atoms with van der Waals surface area (Å²) in [5.41, 5.74) is 2.44. The van der Waals surface area contributed by atoms with Crippen LogP contribution in [0.15, 0.2) is 34.4 Å². The molecule has 0 spiro atoms. The van der Waals surface area contributed by atoms with Gasteiger partial charge in [0.1, 0.15) is 5.52 Å². The first kappa shape index (κ1) is 10.8. The van der Waals surface area contributed by atoms with Crippen LogP contribution in [0, 0.1) is 0 Å². The molecule has 0 atom stereocenters. The quantitative estimate of drug-likeness (QED) is 0.812. The average Bonchev–Trinajstić information content (AvgIpc) is 2.61. The highest BCUT2D eigenvalue weighted by atomic mass is 35.5. The topological polar surface area (TPSA) is 53.9 Å². The lowest BCUT2D eigenvalue weighted by molar-refractivity contribution is 1.11. The van der Waals surface area contributed by atoms with Crippen molar-refractivity contribution in [3.05, 3.63) is 29.4 Å². The number of pyridine rings is 1. The van der Waals surface area contributed by atoms with Crippen molar-refractivity contribution in [2.45, 2.75) is 13.8 Å². The first-order valence-electron chi connectivity index (χ1n) is 4.85. The van der Waals surface area contributed by atoms with Gasteiger partial charge in [0.15, 0.2) is 5.82 Å². The van der Waals surface area contributed by atoms with Crippen molar-refractivity contribution in [3.63, 3.8) is 0 Å². The highest BCUT2D eigenvalue weighted by molar-refractivity contribution is 6.30. The van der Waals surface area contributed by atoms with E-state index in [9.17, 15) is 0 Å². The summed E-state index contributed by atoms with van der Waals surface area (Å²) in [7, 11) is 0. The monoisotopic (exact) mass is 234 g/mol. The second-order valence-corrected chi connectivity index (χ2v) is 4.03. The second-order valence-electron chi connectivity index (χ2n) is 3.43. The van der Waals surface area contributed by atoms with Gasteiger partial charge >= 0.3 is 0 Å². The Morgan fingerprint density at radius 1 is 1.50 bits per heavy atom. The van der Waals surface area contributed by atoms with Gasteiger partial charge in [0.25, 0.3) is 0 Å². The van der Waals surface area contributed by atoms with Crippen LogP contribution < -0.4 is 0 Å². The van der Waals surface area contributed by atoms with E-state index >= 15 is 0 Å². The molecule has 0 amide bonds. The molecule has 2 heterocycles. The number of halogens is 1. The van der Waals surface area contributed by atoms with Gasteiger partial charge in [-0.3, -0.25) is 10.1 Å². The second kappa shape index (κ2) is 4.45. The number of hydrogen-bond donors (Lipinski definition) is 1. The summed E-state index contributed by atoms with van der Waals surface area (Å²) in [6.07, 6.45) is 3.50. The van der Waals surface area contributed by atoms with Crippen LogP contribution in [-0.2, 0) is 0 Å². The Balaban J connectivity index is 2.45. The zero-order valence-electron chi connectivity index (χ0n) is 9.03. The molecule has 0 aliphatic rings. The largest absolute Gasteiger partial charge is 0.274 e. The Morgan fingerprint density at radius 3 is 3.06 bits per heavy atom. The molecular formula is C11H11ClN4. The summed E-state index contributed by atoms with van der Waals surface area (Å²) in [6, 6.07) is 3.76. The molecule has 0 saturated carbocycles. The predicted octanol–water partition coefficient (Wildman–Crippen LogP) is 3.19. The van der Waals surface area contributed by atoms with Crippen molar-refractivity contribution in [2.24, 2.45) is 4.99 Å². The van der Waals surface area contributed by atoms with E-state index < -0.39 is 0 Å². The first-order valence-corrected chi connectivity index (χ1v) is 5.23. The molecule has 2 aromatic rings. The molecule has 5 heteroatoms. The number of nitrogens with zero attached hydrogens (tertiary/aromatic N) is 3. The van der Waals surface area contributed by atoms with Crippen molar-refractivity contribution < 1.29 is 0 Å². The maximum atomic E-state index is 5.77. The third-order valence-corrected chi connectivity index (χ3v) is 2.10. The smallest absolute Gasteiger partial charge is 0.200 e. The first-order chi connectivity index (χ1) is 7.66. The van der Waals surface area contributed by atoms with Crippen LogP contribution in [0.5, 0.6) is 0 Å². The minimum Gasteiger partial charge on any atom is -0.274 e. The molecule has 2 aromatic heterocycles. The van der Waals surface area contributed by atoms with Crippen LogP contribution in [-0.4, -0.2) is 20.9 Å². The van der Waals surface area contributed by atoms with Crippen LogP contribution in [0.25, 0.3) is 11.0 Å². The van der Waals surface area contributed by atoms with Crippen LogP contribution in [0.2, 0.25) is 0 Å². The number of rotatable bonds is 2. The fourth-order valence-electron chi connectivity index (χ4n) is 1.40. The number of allylic oxidation sites excluding steroid dienone is 2. The molecule has 4 nitrogen and oxygen atoms in total. The molecule has 1 N–H and O–H groups in total. The zero-order chi connectivity index (χ0) is 11.5. The molecule has 0 aliphatic carbocycles. The molecule has 16 heavy (non-hydrogen) atoms. The summed E-state index contributed by atoms with van der Waals surface area (Å²) in [6.45, 7) is 3.68. The van der Waals surface area contributed by atoms with E-state index in [4.69, 9.17) is 11.6 Å². The third kappa shape index (κ3) is 2.28. The standard InChI is InChI=1S/C11H11ClN4/c1-7(12)6-8(2)14-11-10-9(15-16-11)4-3-5-13-10/h3-6H,1-2H3,(H,15,16)/b7-6+,14-8?. The number of fused-ring (bicyclic) bond motifs is 1. The lowest BCUT2D eigenvalue weighted by Crippen LogP contribution is -1.84. The number of aromatic amines is 1. The van der Waals surface area contributed by atoms with Crippen molar-refractivity contribution in [2.75, 3.05) is 0 Å². The molecule has 0 unspecified atom stereocenters. The number of aliphatic imine (C=N–C) groups is 1. The zero-order valence-corrected chi connectivity index (χ0v) is 9.78. The Labute approximate surface area is 98.1 Å². The van der Waals surface area contributed by atoms with Gasteiger partial charge in [0.05, 0.1) is 5.52 Å². The highest BCUT2D eigenvalue weighted by Gasteiger charge is 2.04. The molecular weight excluding hydrogens is 224 g/mol. The van der Waals surface area contributed by atoms with Gasteiger partial charge in [0.2, 0.25) is 0 Å². The lowest BCUT2D eigenvalue weighted by Gasteiger charge is -1.92. The highest BCUT2D eigenvalue weighted by Crippen LogP contribution is 2.20. The summed E-state index contributed by atoms with van der Waals surface area (Å²) in [5, 5.41) is 7.66. The summed E-state index contributed by atoms with van der Waals surface area (Å²) >= 11 is 5.77. The van der Waals surface area contributed by atoms with Gasteiger partial charge in [0, 0.05) is 16.9 Å². The van der Waals surface area contributed by atoms with Crippen molar-refractivity contribution in [3.8, 4) is 0 Å². The maximum Gasteiger partial charge on any atom is 0.200 e. The van der Waals surface area contributed by atoms with E-state index in [0.717, 1.165) is 16.7 Å². The van der Waals surface area contributed by atoms with E-state index in [0.29, 0.717) is 10.9 Å². The van der Waals surface area contributed by atoms with E-state index in [-0.39, 0.29) is 0 Å². The van der Waals surface area contributed by atoms with Crippen molar-refractivity contribution in [1.82, 2.24) is 15.2 Å². The minimum atomic E-state index is 0.585. The Kier molecular flexibility index (Phi) is 3.01. The molecule has 0 saturated heterocycles. The lowest BCUT2D eigenvalue weighted by atomic mass is 10.3. The van der Waals surface area contributed by atoms with Crippen LogP contribution in [0.1, 0.15) is 13.8 Å². The van der Waals surface area contributed by atoms with Gasteiger partial charge in [-0.05, 0) is 32.1 Å². The summed E-state index contributed by atoms with van der Waals surface area (Å²) < 4.78 is 0. The van der Waals surface area contributed by atoms with E-state index in [1.54, 1.807) is 12.3 Å². The van der Waals surface area contributed by atoms with Crippen LogP contribution >= 0.6 is 11.6 Å². The SMILES string of the molecule is CC(/C=C(\C)Cl)=Nc1n[nH]c2cccnc12. The number of hydrogen-bond acceptors (Lipinski definition) is 3. The van der Waals surface area contributed by atoms with Gasteiger partial charge < -0.3 is 0 Å². The van der Waals surface area contributed by atoms with E-state index in [2.05, 4.69) is 20.2 Å². The fraction of sp³-hybridized carbons (Fsp3) is 0.182. The minimum absolute atomic E-state index is 0.585. The molecule has 0 fully saturated rings. The number of H-pyrrole nitrogens is 1. The van der Waals surface area contributed by atoms with Gasteiger partial charge in [-0.2, -0.15) is 5.10 Å². The molecule has 0 aromatic carbocycles. The van der Waals surface area contributed by atoms with Gasteiger partial charge in [-0.1, -0.05) is 11.6 Å². The molecule has 0 bridgehead atoms. The van der Waals surface area contributed by atoms with Crippen LogP contribution in [0.3, 0.4) is 0 Å². The average molecular weight is 235 g/mol. The van der Waals surface area contributed by atoms with Gasteiger partial charge in [-0.25, -0.2) is 4.99 Å². The van der Waals surface area contributed by atoms with E-state index in [1.807, 2.05) is 26.0 Å². The normalized spacial score (nSPS) is 13.4. The Morgan fingerprint density at radius 2 is 2.31 bits per heavy atom. The summed E-state index contributed by atoms with van der Waals surface area (Å²) in [5.74, 6) is 0.585. The molecule has 0 radical (unpaired) electrons. The van der Waals surface area contributed by atoms with Gasteiger partial charge in [-0.15, -0.1) is 0 Å². The van der Waals surface area contributed by atoms with E-state index in [1.165, 1.54) is 0 Å². The van der Waals surface area contributed by atoms with Crippen molar-refractivity contribution >= 4 is 34.2 Å². The predicted molar refractivity (Wildman–Crippen MR) is 66.3 cm³/mol.